The van der Waals surface area contributed by atoms with Gasteiger partial charge in [0.1, 0.15) is 0 Å². The van der Waals surface area contributed by atoms with Crippen molar-refractivity contribution in [3.05, 3.63) is 48.0 Å². The van der Waals surface area contributed by atoms with Crippen molar-refractivity contribution in [1.82, 2.24) is 10.2 Å². The number of carbonyl (C=O) groups excluding carboxylic acids is 1. The topological polar surface area (TPSA) is 32.3 Å². The fourth-order valence-electron chi connectivity index (χ4n) is 1.66. The quantitative estimate of drug-likeness (QED) is 0.589. The zero-order valence-corrected chi connectivity index (χ0v) is 11.3. The van der Waals surface area contributed by atoms with Crippen molar-refractivity contribution >= 4 is 5.91 Å². The fourth-order valence-corrected chi connectivity index (χ4v) is 1.66. The Morgan fingerprint density at radius 2 is 1.94 bits per heavy atom. The van der Waals surface area contributed by atoms with E-state index in [2.05, 4.69) is 43.1 Å². The molecule has 98 valence electrons. The molecule has 0 fully saturated rings. The molecule has 0 aliphatic heterocycles. The molecule has 0 radical (unpaired) electrons. The second-order valence-electron chi connectivity index (χ2n) is 4.34. The van der Waals surface area contributed by atoms with E-state index in [9.17, 15) is 4.79 Å². The number of aryl methyl sites for hydroxylation is 1. The van der Waals surface area contributed by atoms with Crippen LogP contribution in [-0.2, 0) is 17.8 Å². The second kappa shape index (κ2) is 7.67. The maximum absolute atomic E-state index is 11.8. The van der Waals surface area contributed by atoms with Crippen LogP contribution in [0.3, 0.4) is 0 Å². The van der Waals surface area contributed by atoms with Crippen molar-refractivity contribution in [2.24, 2.45) is 0 Å². The molecular formula is C15H22N2O. The van der Waals surface area contributed by atoms with Gasteiger partial charge < -0.3 is 10.2 Å². The first-order valence-corrected chi connectivity index (χ1v) is 6.30. The van der Waals surface area contributed by atoms with Gasteiger partial charge >= 0.3 is 0 Å². The van der Waals surface area contributed by atoms with E-state index in [0.717, 1.165) is 12.0 Å². The molecule has 0 saturated heterocycles. The Balaban J connectivity index is 2.44. The summed E-state index contributed by atoms with van der Waals surface area (Å²) >= 11 is 0. The minimum atomic E-state index is 0.0939. The molecule has 18 heavy (non-hydrogen) atoms. The first kappa shape index (κ1) is 14.5. The smallest absolute Gasteiger partial charge is 0.236 e. The Kier molecular flexibility index (Phi) is 6.15. The SMILES string of the molecule is C=CCNCC(=O)N(C)Cc1ccc(CC)cc1. The molecule has 0 aliphatic rings. The lowest BCUT2D eigenvalue weighted by Gasteiger charge is -2.17. The molecule has 1 aromatic rings. The standard InChI is InChI=1S/C15H22N2O/c1-4-10-16-11-15(18)17(3)12-14-8-6-13(5-2)7-9-14/h4,6-9,16H,1,5,10-12H2,2-3H3. The van der Waals surface area contributed by atoms with Gasteiger partial charge in [-0.25, -0.2) is 0 Å². The van der Waals surface area contributed by atoms with Crippen LogP contribution in [0.2, 0.25) is 0 Å². The van der Waals surface area contributed by atoms with E-state index in [1.54, 1.807) is 11.0 Å². The Morgan fingerprint density at radius 3 is 2.50 bits per heavy atom. The van der Waals surface area contributed by atoms with Gasteiger partial charge in [0.2, 0.25) is 5.91 Å². The van der Waals surface area contributed by atoms with Gasteiger partial charge in [-0.3, -0.25) is 4.79 Å². The molecule has 0 heterocycles. The number of rotatable bonds is 7. The van der Waals surface area contributed by atoms with Crippen LogP contribution in [0, 0.1) is 0 Å². The van der Waals surface area contributed by atoms with Crippen molar-refractivity contribution in [1.29, 1.82) is 0 Å². The van der Waals surface area contributed by atoms with Crippen LogP contribution >= 0.6 is 0 Å². The van der Waals surface area contributed by atoms with Crippen molar-refractivity contribution in [2.75, 3.05) is 20.1 Å². The summed E-state index contributed by atoms with van der Waals surface area (Å²) in [6, 6.07) is 8.40. The first-order valence-electron chi connectivity index (χ1n) is 6.30. The number of nitrogens with one attached hydrogen (secondary N) is 1. The Morgan fingerprint density at radius 1 is 1.33 bits per heavy atom. The molecule has 0 atom stereocenters. The summed E-state index contributed by atoms with van der Waals surface area (Å²) in [5, 5.41) is 3.01. The first-order chi connectivity index (χ1) is 8.67. The number of amides is 1. The molecule has 3 heteroatoms. The number of nitrogens with zero attached hydrogens (tertiary/aromatic N) is 1. The monoisotopic (exact) mass is 246 g/mol. The van der Waals surface area contributed by atoms with E-state index >= 15 is 0 Å². The summed E-state index contributed by atoms with van der Waals surface area (Å²) in [5.41, 5.74) is 2.48. The van der Waals surface area contributed by atoms with Gasteiger partial charge in [-0.15, -0.1) is 6.58 Å². The molecular weight excluding hydrogens is 224 g/mol. The highest BCUT2D eigenvalue weighted by molar-refractivity contribution is 5.77. The van der Waals surface area contributed by atoms with E-state index in [1.165, 1.54) is 5.56 Å². The number of hydrogen-bond donors (Lipinski definition) is 1. The number of carbonyl (C=O) groups is 1. The van der Waals surface area contributed by atoms with Crippen molar-refractivity contribution in [2.45, 2.75) is 19.9 Å². The predicted molar refractivity (Wildman–Crippen MR) is 75.4 cm³/mol. The lowest BCUT2D eigenvalue weighted by atomic mass is 10.1. The largest absolute Gasteiger partial charge is 0.340 e. The summed E-state index contributed by atoms with van der Waals surface area (Å²) in [4.78, 5) is 13.5. The molecule has 0 bridgehead atoms. The zero-order chi connectivity index (χ0) is 13.4. The van der Waals surface area contributed by atoms with Crippen LogP contribution in [0.25, 0.3) is 0 Å². The third-order valence-electron chi connectivity index (χ3n) is 2.84. The van der Waals surface area contributed by atoms with Crippen LogP contribution in [0.4, 0.5) is 0 Å². The molecule has 1 N–H and O–H groups in total. The summed E-state index contributed by atoms with van der Waals surface area (Å²) < 4.78 is 0. The zero-order valence-electron chi connectivity index (χ0n) is 11.3. The summed E-state index contributed by atoms with van der Waals surface area (Å²) in [7, 11) is 1.83. The minimum Gasteiger partial charge on any atom is -0.340 e. The summed E-state index contributed by atoms with van der Waals surface area (Å²) in [6.07, 6.45) is 2.79. The van der Waals surface area contributed by atoms with E-state index in [1.807, 2.05) is 7.05 Å². The predicted octanol–water partition coefficient (Wildman–Crippen LogP) is 1.98. The second-order valence-corrected chi connectivity index (χ2v) is 4.34. The van der Waals surface area contributed by atoms with Gasteiger partial charge in [0.25, 0.3) is 0 Å². The van der Waals surface area contributed by atoms with Crippen molar-refractivity contribution in [3.8, 4) is 0 Å². The Hall–Kier alpha value is -1.61. The highest BCUT2D eigenvalue weighted by Gasteiger charge is 2.08. The van der Waals surface area contributed by atoms with Gasteiger partial charge in [-0.05, 0) is 17.5 Å². The molecule has 0 unspecified atom stereocenters. The lowest BCUT2D eigenvalue weighted by Crippen LogP contribution is -2.35. The molecule has 0 spiro atoms. The van der Waals surface area contributed by atoms with Crippen LogP contribution in [0.1, 0.15) is 18.1 Å². The van der Waals surface area contributed by atoms with Crippen LogP contribution in [0.5, 0.6) is 0 Å². The lowest BCUT2D eigenvalue weighted by molar-refractivity contribution is -0.129. The third-order valence-corrected chi connectivity index (χ3v) is 2.84. The van der Waals surface area contributed by atoms with Gasteiger partial charge in [0.05, 0.1) is 6.54 Å². The average Bonchev–Trinajstić information content (AvgIpc) is 2.39. The fraction of sp³-hybridized carbons (Fsp3) is 0.400. The third kappa shape index (κ3) is 4.72. The van der Waals surface area contributed by atoms with Gasteiger partial charge in [-0.2, -0.15) is 0 Å². The van der Waals surface area contributed by atoms with Gasteiger partial charge in [0.15, 0.2) is 0 Å². The highest BCUT2D eigenvalue weighted by atomic mass is 16.2. The van der Waals surface area contributed by atoms with Gasteiger partial charge in [-0.1, -0.05) is 37.3 Å². The van der Waals surface area contributed by atoms with Crippen LogP contribution < -0.4 is 5.32 Å². The molecule has 1 amide bonds. The Bertz CT molecular complexity index is 384. The number of hydrogen-bond acceptors (Lipinski definition) is 2. The molecule has 0 aliphatic carbocycles. The number of benzene rings is 1. The molecule has 1 aromatic carbocycles. The number of likely N-dealkylation sites (N-methyl/N-ethyl adjacent to an activating group) is 1. The summed E-state index contributed by atoms with van der Waals surface area (Å²) in [6.45, 7) is 7.40. The van der Waals surface area contributed by atoms with Crippen molar-refractivity contribution < 1.29 is 4.79 Å². The highest BCUT2D eigenvalue weighted by Crippen LogP contribution is 2.07. The van der Waals surface area contributed by atoms with E-state index in [-0.39, 0.29) is 5.91 Å². The van der Waals surface area contributed by atoms with E-state index < -0.39 is 0 Å². The van der Waals surface area contributed by atoms with Crippen molar-refractivity contribution in [3.63, 3.8) is 0 Å². The van der Waals surface area contributed by atoms with Crippen LogP contribution in [-0.4, -0.2) is 30.9 Å². The van der Waals surface area contributed by atoms with Gasteiger partial charge in [0, 0.05) is 20.1 Å². The van der Waals surface area contributed by atoms with E-state index in [4.69, 9.17) is 0 Å². The average molecular weight is 246 g/mol. The molecule has 3 nitrogen and oxygen atoms in total. The maximum atomic E-state index is 11.8. The summed E-state index contributed by atoms with van der Waals surface area (Å²) in [5.74, 6) is 0.0939. The normalized spacial score (nSPS) is 10.1. The van der Waals surface area contributed by atoms with Crippen LogP contribution in [0.15, 0.2) is 36.9 Å². The molecule has 1 rings (SSSR count). The maximum Gasteiger partial charge on any atom is 0.236 e. The minimum absolute atomic E-state index is 0.0939. The van der Waals surface area contributed by atoms with E-state index in [0.29, 0.717) is 19.6 Å². The molecule has 0 saturated carbocycles. The Labute approximate surface area is 109 Å². The molecule has 0 aromatic heterocycles.